The summed E-state index contributed by atoms with van der Waals surface area (Å²) >= 11 is 3.54. The van der Waals surface area contributed by atoms with Crippen LogP contribution in [0.1, 0.15) is 19.3 Å². The molecule has 8 heavy (non-hydrogen) atoms. The summed E-state index contributed by atoms with van der Waals surface area (Å²) in [6.45, 7) is 0. The van der Waals surface area contributed by atoms with Gasteiger partial charge in [-0.15, -0.1) is 0 Å². The van der Waals surface area contributed by atoms with Crippen molar-refractivity contribution in [1.29, 1.82) is 0 Å². The van der Waals surface area contributed by atoms with Gasteiger partial charge in [0.1, 0.15) is 0 Å². The fourth-order valence-electron chi connectivity index (χ4n) is 1.15. The van der Waals surface area contributed by atoms with Gasteiger partial charge in [-0.1, -0.05) is 15.9 Å². The van der Waals surface area contributed by atoms with Crippen molar-refractivity contribution in [2.45, 2.75) is 30.2 Å². The molecule has 0 N–H and O–H groups in total. The van der Waals surface area contributed by atoms with Gasteiger partial charge in [0, 0.05) is 11.9 Å². The molecule has 0 unspecified atom stereocenters. The number of methoxy groups -OCH3 is 1. The van der Waals surface area contributed by atoms with Crippen LogP contribution in [-0.2, 0) is 4.74 Å². The Kier molecular flexibility index (Phi) is 2.32. The highest BCUT2D eigenvalue weighted by Crippen LogP contribution is 2.27. The Bertz CT molecular complexity index is 74.9. The number of ether oxygens (including phenoxy) is 1. The largest absolute Gasteiger partial charge is 0.380 e. The van der Waals surface area contributed by atoms with E-state index in [-0.39, 0.29) is 0 Å². The van der Waals surface area contributed by atoms with Gasteiger partial charge in [0.2, 0.25) is 0 Å². The molecule has 1 rings (SSSR count). The van der Waals surface area contributed by atoms with Gasteiger partial charge in [0.25, 0.3) is 0 Å². The first-order valence-corrected chi connectivity index (χ1v) is 3.93. The highest BCUT2D eigenvalue weighted by molar-refractivity contribution is 9.09. The molecule has 0 aliphatic heterocycles. The third-order valence-corrected chi connectivity index (χ3v) is 2.72. The molecule has 1 saturated carbocycles. The molecule has 0 aromatic carbocycles. The van der Waals surface area contributed by atoms with Gasteiger partial charge < -0.3 is 4.74 Å². The van der Waals surface area contributed by atoms with Gasteiger partial charge in [-0.2, -0.15) is 0 Å². The zero-order valence-electron chi connectivity index (χ0n) is 5.06. The molecule has 1 aliphatic carbocycles. The minimum absolute atomic E-state index is 0.481. The number of hydrogen-bond acceptors (Lipinski definition) is 1. The van der Waals surface area contributed by atoms with E-state index in [4.69, 9.17) is 4.74 Å². The van der Waals surface area contributed by atoms with Gasteiger partial charge in [0.05, 0.1) is 6.10 Å². The first kappa shape index (κ1) is 6.56. The normalized spacial score (nSPS) is 38.2. The summed E-state index contributed by atoms with van der Waals surface area (Å²) in [5.41, 5.74) is 0. The quantitative estimate of drug-likeness (QED) is 0.559. The van der Waals surface area contributed by atoms with Crippen molar-refractivity contribution in [1.82, 2.24) is 0 Å². The summed E-state index contributed by atoms with van der Waals surface area (Å²) in [7, 11) is 1.78. The molecular weight excluding hydrogens is 168 g/mol. The number of hydrogen-bond donors (Lipinski definition) is 0. The average Bonchev–Trinajstić information content (AvgIpc) is 2.14. The summed E-state index contributed by atoms with van der Waals surface area (Å²) < 4.78 is 5.18. The van der Waals surface area contributed by atoms with E-state index in [1.54, 1.807) is 7.11 Å². The van der Waals surface area contributed by atoms with Crippen LogP contribution in [0.15, 0.2) is 0 Å². The molecule has 0 amide bonds. The molecule has 0 bridgehead atoms. The summed E-state index contributed by atoms with van der Waals surface area (Å²) in [5, 5.41) is 0. The highest BCUT2D eigenvalue weighted by atomic mass is 79.9. The topological polar surface area (TPSA) is 9.23 Å². The highest BCUT2D eigenvalue weighted by Gasteiger charge is 2.23. The Morgan fingerprint density at radius 2 is 2.25 bits per heavy atom. The van der Waals surface area contributed by atoms with E-state index < -0.39 is 0 Å². The molecule has 0 heterocycles. The summed E-state index contributed by atoms with van der Waals surface area (Å²) in [6.07, 6.45) is 4.30. The van der Waals surface area contributed by atoms with Crippen molar-refractivity contribution in [2.75, 3.05) is 7.11 Å². The van der Waals surface area contributed by atoms with E-state index in [0.717, 1.165) is 0 Å². The molecule has 2 heteroatoms. The van der Waals surface area contributed by atoms with Crippen molar-refractivity contribution < 1.29 is 4.74 Å². The standard InChI is InChI=1S/C6H11BrO/c1-8-6-4-2-3-5(6)7/h5-6H,2-4H2,1H3/t5-,6+/m1/s1. The molecule has 0 radical (unpaired) electrons. The fourth-order valence-corrected chi connectivity index (χ4v) is 1.95. The molecule has 2 atom stereocenters. The molecule has 1 nitrogen and oxygen atoms in total. The average molecular weight is 179 g/mol. The second kappa shape index (κ2) is 2.83. The third kappa shape index (κ3) is 1.23. The molecule has 0 spiro atoms. The minimum Gasteiger partial charge on any atom is -0.380 e. The Morgan fingerprint density at radius 3 is 2.50 bits per heavy atom. The maximum absolute atomic E-state index is 5.18. The van der Waals surface area contributed by atoms with E-state index in [9.17, 15) is 0 Å². The van der Waals surface area contributed by atoms with Crippen molar-refractivity contribution in [3.05, 3.63) is 0 Å². The van der Waals surface area contributed by atoms with E-state index in [2.05, 4.69) is 15.9 Å². The number of alkyl halides is 1. The SMILES string of the molecule is CO[C@H]1CCC[C@H]1Br. The van der Waals surface area contributed by atoms with E-state index in [1.807, 2.05) is 0 Å². The number of rotatable bonds is 1. The monoisotopic (exact) mass is 178 g/mol. The van der Waals surface area contributed by atoms with Crippen LogP contribution in [0.5, 0.6) is 0 Å². The summed E-state index contributed by atoms with van der Waals surface area (Å²) in [5.74, 6) is 0. The minimum atomic E-state index is 0.481. The molecule has 0 aromatic rings. The second-order valence-electron chi connectivity index (χ2n) is 2.22. The maximum Gasteiger partial charge on any atom is 0.0696 e. The van der Waals surface area contributed by atoms with Crippen molar-refractivity contribution in [3.63, 3.8) is 0 Å². The summed E-state index contributed by atoms with van der Waals surface area (Å²) in [4.78, 5) is 0.618. The van der Waals surface area contributed by atoms with Crippen LogP contribution in [0.3, 0.4) is 0 Å². The lowest BCUT2D eigenvalue weighted by atomic mass is 10.3. The lowest BCUT2D eigenvalue weighted by Gasteiger charge is -2.09. The Balaban J connectivity index is 2.30. The Labute approximate surface area is 58.5 Å². The van der Waals surface area contributed by atoms with Crippen molar-refractivity contribution in [2.24, 2.45) is 0 Å². The third-order valence-electron chi connectivity index (χ3n) is 1.67. The first-order valence-electron chi connectivity index (χ1n) is 3.01. The van der Waals surface area contributed by atoms with Gasteiger partial charge in [-0.05, 0) is 19.3 Å². The number of halogens is 1. The predicted molar refractivity (Wildman–Crippen MR) is 37.4 cm³/mol. The summed E-state index contributed by atoms with van der Waals surface area (Å²) in [6, 6.07) is 0. The molecule has 1 aliphatic rings. The fraction of sp³-hybridized carbons (Fsp3) is 1.00. The van der Waals surface area contributed by atoms with E-state index >= 15 is 0 Å². The van der Waals surface area contributed by atoms with E-state index in [1.165, 1.54) is 19.3 Å². The smallest absolute Gasteiger partial charge is 0.0696 e. The molecule has 0 aromatic heterocycles. The van der Waals surface area contributed by atoms with E-state index in [0.29, 0.717) is 10.9 Å². The maximum atomic E-state index is 5.18. The van der Waals surface area contributed by atoms with Crippen LogP contribution in [0.4, 0.5) is 0 Å². The van der Waals surface area contributed by atoms with Crippen molar-refractivity contribution in [3.8, 4) is 0 Å². The molecule has 48 valence electrons. The van der Waals surface area contributed by atoms with Crippen LogP contribution < -0.4 is 0 Å². The zero-order valence-corrected chi connectivity index (χ0v) is 6.65. The molecule has 1 fully saturated rings. The Morgan fingerprint density at radius 1 is 1.50 bits per heavy atom. The Hall–Kier alpha value is 0.440. The van der Waals surface area contributed by atoms with Crippen molar-refractivity contribution >= 4 is 15.9 Å². The molecule has 0 saturated heterocycles. The van der Waals surface area contributed by atoms with Gasteiger partial charge >= 0.3 is 0 Å². The second-order valence-corrected chi connectivity index (χ2v) is 3.40. The zero-order chi connectivity index (χ0) is 5.98. The van der Waals surface area contributed by atoms with Gasteiger partial charge in [-0.3, -0.25) is 0 Å². The van der Waals surface area contributed by atoms with Crippen LogP contribution in [0.25, 0.3) is 0 Å². The van der Waals surface area contributed by atoms with Crippen LogP contribution in [-0.4, -0.2) is 18.0 Å². The van der Waals surface area contributed by atoms with Crippen LogP contribution >= 0.6 is 15.9 Å². The predicted octanol–water partition coefficient (Wildman–Crippen LogP) is 1.95. The van der Waals surface area contributed by atoms with Gasteiger partial charge in [0.15, 0.2) is 0 Å². The van der Waals surface area contributed by atoms with Crippen LogP contribution in [0.2, 0.25) is 0 Å². The lowest BCUT2D eigenvalue weighted by molar-refractivity contribution is 0.114. The lowest BCUT2D eigenvalue weighted by Crippen LogP contribution is -2.14. The van der Waals surface area contributed by atoms with Crippen LogP contribution in [0, 0.1) is 0 Å². The first-order chi connectivity index (χ1) is 3.84. The van der Waals surface area contributed by atoms with Gasteiger partial charge in [-0.25, -0.2) is 0 Å². The molecular formula is C6H11BrO.